The first kappa shape index (κ1) is 21.8. The Bertz CT molecular complexity index is 854. The second-order valence-corrected chi connectivity index (χ2v) is 7.80. The maximum Gasteiger partial charge on any atom is 0.343 e. The van der Waals surface area contributed by atoms with Crippen LogP contribution in [0.3, 0.4) is 0 Å². The van der Waals surface area contributed by atoms with Crippen molar-refractivity contribution in [1.29, 1.82) is 0 Å². The number of aliphatic hydroxyl groups excluding tert-OH is 1. The van der Waals surface area contributed by atoms with Gasteiger partial charge in [-0.1, -0.05) is 49.6 Å². The molecule has 2 atom stereocenters. The van der Waals surface area contributed by atoms with Gasteiger partial charge in [0.25, 0.3) is 0 Å². The van der Waals surface area contributed by atoms with E-state index in [9.17, 15) is 14.7 Å². The largest absolute Gasteiger partial charge is 0.423 e. The van der Waals surface area contributed by atoms with Gasteiger partial charge >= 0.3 is 5.97 Å². The number of hydrogen-bond acceptors (Lipinski definition) is 5. The fraction of sp³-hybridized carbons (Fsp3) is 0.360. The van der Waals surface area contributed by atoms with Gasteiger partial charge in [-0.15, -0.1) is 0 Å². The van der Waals surface area contributed by atoms with Gasteiger partial charge in [0.1, 0.15) is 5.75 Å². The molecule has 0 radical (unpaired) electrons. The number of nitrogens with one attached hydrogen (secondary N) is 1. The summed E-state index contributed by atoms with van der Waals surface area (Å²) in [6.07, 6.45) is 7.89. The number of rotatable bonds is 8. The third kappa shape index (κ3) is 6.04. The maximum atomic E-state index is 12.2. The topological polar surface area (TPSA) is 75.6 Å². The number of allylic oxidation sites excluding steroid dienone is 1. The Labute approximate surface area is 177 Å². The molecule has 30 heavy (non-hydrogen) atoms. The van der Waals surface area contributed by atoms with E-state index in [1.807, 2.05) is 13.0 Å². The summed E-state index contributed by atoms with van der Waals surface area (Å²) in [5.41, 5.74) is 1.18. The predicted molar refractivity (Wildman–Crippen MR) is 116 cm³/mol. The second-order valence-electron chi connectivity index (χ2n) is 7.80. The van der Waals surface area contributed by atoms with E-state index in [0.29, 0.717) is 16.9 Å². The molecule has 0 heterocycles. The van der Waals surface area contributed by atoms with Crippen molar-refractivity contribution in [3.8, 4) is 5.75 Å². The van der Waals surface area contributed by atoms with E-state index >= 15 is 0 Å². The SMILES string of the molecule is CC(N/C=C/C(=O)C1CCCCC1)C(O)c1ccc(OC(=O)c2ccccc2)cc1. The molecule has 0 saturated heterocycles. The number of aliphatic hydroxyl groups is 1. The lowest BCUT2D eigenvalue weighted by atomic mass is 9.86. The summed E-state index contributed by atoms with van der Waals surface area (Å²) < 4.78 is 5.36. The maximum absolute atomic E-state index is 12.2. The van der Waals surface area contributed by atoms with Gasteiger partial charge in [0.2, 0.25) is 0 Å². The van der Waals surface area contributed by atoms with Crippen molar-refractivity contribution in [2.75, 3.05) is 0 Å². The van der Waals surface area contributed by atoms with E-state index < -0.39 is 12.1 Å². The molecule has 1 saturated carbocycles. The summed E-state index contributed by atoms with van der Waals surface area (Å²) in [6, 6.07) is 15.3. The van der Waals surface area contributed by atoms with Crippen LogP contribution >= 0.6 is 0 Å². The molecule has 0 spiro atoms. The molecule has 2 aromatic rings. The van der Waals surface area contributed by atoms with Gasteiger partial charge in [-0.25, -0.2) is 4.79 Å². The van der Waals surface area contributed by atoms with Gasteiger partial charge in [-0.2, -0.15) is 0 Å². The van der Waals surface area contributed by atoms with Gasteiger partial charge < -0.3 is 15.2 Å². The molecule has 0 amide bonds. The smallest absolute Gasteiger partial charge is 0.343 e. The van der Waals surface area contributed by atoms with Gasteiger partial charge in [0.15, 0.2) is 5.78 Å². The molecular weight excluding hydrogens is 378 g/mol. The molecular formula is C25H29NO4. The fourth-order valence-corrected chi connectivity index (χ4v) is 3.66. The molecule has 1 fully saturated rings. The van der Waals surface area contributed by atoms with Crippen LogP contribution in [0.15, 0.2) is 66.9 Å². The molecule has 3 rings (SSSR count). The Hall–Kier alpha value is -2.92. The third-order valence-electron chi connectivity index (χ3n) is 5.53. The first-order chi connectivity index (χ1) is 14.5. The van der Waals surface area contributed by atoms with Gasteiger partial charge in [0.05, 0.1) is 17.7 Å². The molecule has 0 bridgehead atoms. The van der Waals surface area contributed by atoms with Gasteiger partial charge in [-0.3, -0.25) is 4.79 Å². The molecule has 1 aliphatic carbocycles. The summed E-state index contributed by atoms with van der Waals surface area (Å²) in [4.78, 5) is 24.3. The monoisotopic (exact) mass is 407 g/mol. The highest BCUT2D eigenvalue weighted by molar-refractivity contribution is 5.91. The lowest BCUT2D eigenvalue weighted by Crippen LogP contribution is -2.28. The van der Waals surface area contributed by atoms with Crippen molar-refractivity contribution >= 4 is 11.8 Å². The molecule has 0 aliphatic heterocycles. The number of carbonyl (C=O) groups excluding carboxylic acids is 2. The van der Waals surface area contributed by atoms with Crippen LogP contribution in [-0.4, -0.2) is 22.9 Å². The van der Waals surface area contributed by atoms with Gasteiger partial charge in [-0.05, 0) is 55.7 Å². The van der Waals surface area contributed by atoms with Crippen molar-refractivity contribution in [2.45, 2.75) is 51.2 Å². The van der Waals surface area contributed by atoms with Crippen molar-refractivity contribution in [2.24, 2.45) is 5.92 Å². The molecule has 2 aromatic carbocycles. The Kier molecular flexibility index (Phi) is 7.80. The lowest BCUT2D eigenvalue weighted by molar-refractivity contribution is -0.119. The first-order valence-corrected chi connectivity index (χ1v) is 10.6. The first-order valence-electron chi connectivity index (χ1n) is 10.6. The zero-order valence-corrected chi connectivity index (χ0v) is 17.3. The Morgan fingerprint density at radius 2 is 1.70 bits per heavy atom. The van der Waals surface area contributed by atoms with Crippen molar-refractivity contribution in [1.82, 2.24) is 5.32 Å². The van der Waals surface area contributed by atoms with E-state index in [0.717, 1.165) is 25.7 Å². The summed E-state index contributed by atoms with van der Waals surface area (Å²) in [5.74, 6) is 0.293. The minimum absolute atomic E-state index is 0.142. The van der Waals surface area contributed by atoms with E-state index in [-0.39, 0.29) is 17.7 Å². The number of hydrogen-bond donors (Lipinski definition) is 2. The van der Waals surface area contributed by atoms with Gasteiger partial charge in [0, 0.05) is 12.1 Å². The Morgan fingerprint density at radius 1 is 1.03 bits per heavy atom. The van der Waals surface area contributed by atoms with Crippen LogP contribution < -0.4 is 10.1 Å². The Balaban J connectivity index is 1.50. The summed E-state index contributed by atoms with van der Waals surface area (Å²) in [7, 11) is 0. The zero-order valence-electron chi connectivity index (χ0n) is 17.3. The van der Waals surface area contributed by atoms with E-state index in [2.05, 4.69) is 5.32 Å². The highest BCUT2D eigenvalue weighted by atomic mass is 16.5. The van der Waals surface area contributed by atoms with Crippen molar-refractivity contribution in [3.05, 3.63) is 78.0 Å². The van der Waals surface area contributed by atoms with Crippen LogP contribution in [-0.2, 0) is 4.79 Å². The fourth-order valence-electron chi connectivity index (χ4n) is 3.66. The van der Waals surface area contributed by atoms with Crippen LogP contribution in [0.25, 0.3) is 0 Å². The highest BCUT2D eigenvalue weighted by Crippen LogP contribution is 2.25. The minimum atomic E-state index is -0.765. The summed E-state index contributed by atoms with van der Waals surface area (Å²) in [6.45, 7) is 1.85. The van der Waals surface area contributed by atoms with E-state index in [1.54, 1.807) is 60.8 Å². The summed E-state index contributed by atoms with van der Waals surface area (Å²) in [5, 5.41) is 13.6. The average Bonchev–Trinajstić information content (AvgIpc) is 2.80. The highest BCUT2D eigenvalue weighted by Gasteiger charge is 2.19. The van der Waals surface area contributed by atoms with Crippen molar-refractivity contribution in [3.63, 3.8) is 0 Å². The van der Waals surface area contributed by atoms with Crippen molar-refractivity contribution < 1.29 is 19.4 Å². The number of esters is 1. The van der Waals surface area contributed by atoms with Crippen LogP contribution in [0.5, 0.6) is 5.75 Å². The summed E-state index contributed by atoms with van der Waals surface area (Å²) >= 11 is 0. The number of ketones is 1. The molecule has 2 N–H and O–H groups in total. The molecule has 1 aliphatic rings. The molecule has 2 unspecified atom stereocenters. The number of ether oxygens (including phenoxy) is 1. The van der Waals surface area contributed by atoms with E-state index in [1.165, 1.54) is 6.42 Å². The number of benzene rings is 2. The quantitative estimate of drug-likeness (QED) is 0.381. The number of carbonyl (C=O) groups is 2. The minimum Gasteiger partial charge on any atom is -0.423 e. The predicted octanol–water partition coefficient (Wildman–Crippen LogP) is 4.58. The zero-order chi connectivity index (χ0) is 21.3. The average molecular weight is 408 g/mol. The van der Waals surface area contributed by atoms with E-state index in [4.69, 9.17) is 4.74 Å². The third-order valence-corrected chi connectivity index (χ3v) is 5.53. The standard InChI is InChI=1S/C25H29NO4/c1-18(26-17-16-23(27)19-8-4-2-5-9-19)24(28)20-12-14-22(15-13-20)30-25(29)21-10-6-3-7-11-21/h3,6-7,10-19,24,26,28H,2,4-5,8-9H2,1H3/b17-16+. The van der Waals surface area contributed by atoms with Crippen LogP contribution in [0, 0.1) is 5.92 Å². The van der Waals surface area contributed by atoms with Crippen LogP contribution in [0.1, 0.15) is 61.1 Å². The Morgan fingerprint density at radius 3 is 2.37 bits per heavy atom. The molecule has 5 heteroatoms. The molecule has 0 aromatic heterocycles. The molecule has 5 nitrogen and oxygen atoms in total. The van der Waals surface area contributed by atoms with Crippen LogP contribution in [0.2, 0.25) is 0 Å². The lowest BCUT2D eigenvalue weighted by Gasteiger charge is -2.21. The molecule has 158 valence electrons. The second kappa shape index (κ2) is 10.7. The van der Waals surface area contributed by atoms with Crippen LogP contribution in [0.4, 0.5) is 0 Å². The normalized spacial score (nSPS) is 16.7.